The van der Waals surface area contributed by atoms with E-state index in [0.717, 1.165) is 31.1 Å². The molecule has 0 amide bonds. The minimum absolute atomic E-state index is 0.0166. The van der Waals surface area contributed by atoms with Gasteiger partial charge in [-0.3, -0.25) is 19.2 Å². The normalized spacial score (nSPS) is 26.6. The summed E-state index contributed by atoms with van der Waals surface area (Å²) in [6, 6.07) is 20.0. The third-order valence-corrected chi connectivity index (χ3v) is 13.4. The summed E-state index contributed by atoms with van der Waals surface area (Å²) >= 11 is 0. The number of benzene rings is 2. The average Bonchev–Trinajstić information content (AvgIpc) is 3.04. The van der Waals surface area contributed by atoms with Crippen LogP contribution in [-0.4, -0.2) is 99.5 Å². The van der Waals surface area contributed by atoms with Crippen LogP contribution in [0, 0.1) is 0 Å². The Hall–Kier alpha value is -4.08. The predicted octanol–water partition coefficient (Wildman–Crippen LogP) is 2.30. The molecule has 0 unspecified atom stereocenters. The number of hydrogen-bond donors (Lipinski definition) is 1. The number of ether oxygens (including phenoxy) is 7. The van der Waals surface area contributed by atoms with E-state index in [1.807, 2.05) is 36.4 Å². The Morgan fingerprint density at radius 2 is 1.24 bits per heavy atom. The summed E-state index contributed by atoms with van der Waals surface area (Å²) in [5, 5.41) is 13.4. The highest BCUT2D eigenvalue weighted by Crippen LogP contribution is 2.37. The van der Waals surface area contributed by atoms with Gasteiger partial charge in [-0.25, -0.2) is 0 Å². The molecule has 1 N–H and O–H groups in total. The Morgan fingerprint density at radius 1 is 0.720 bits per heavy atom. The van der Waals surface area contributed by atoms with E-state index in [0.29, 0.717) is 0 Å². The Labute approximate surface area is 292 Å². The van der Waals surface area contributed by atoms with Gasteiger partial charge in [0.2, 0.25) is 0 Å². The molecule has 2 heterocycles. The molecule has 2 aromatic rings. The van der Waals surface area contributed by atoms with Gasteiger partial charge in [-0.1, -0.05) is 81.4 Å². The molecule has 1 fully saturated rings. The molecule has 0 saturated carbocycles. The fraction of sp³-hybridized carbons (Fsp3) is 0.500. The molecule has 0 radical (unpaired) electrons. The quantitative estimate of drug-likeness (QED) is 0.194. The van der Waals surface area contributed by atoms with Crippen LogP contribution in [0.25, 0.3) is 0 Å². The Kier molecular flexibility index (Phi) is 13.0. The molecule has 0 aliphatic carbocycles. The third-order valence-electron chi connectivity index (χ3n) is 8.36. The van der Waals surface area contributed by atoms with E-state index >= 15 is 0 Å². The maximum Gasteiger partial charge on any atom is 0.303 e. The molecule has 272 valence electrons. The van der Waals surface area contributed by atoms with Crippen LogP contribution in [-0.2, 0) is 56.8 Å². The lowest BCUT2D eigenvalue weighted by Crippen LogP contribution is -2.67. The maximum atomic E-state index is 12.3. The van der Waals surface area contributed by atoms with Gasteiger partial charge in [0.25, 0.3) is 8.32 Å². The molecule has 14 heteroatoms. The van der Waals surface area contributed by atoms with Crippen LogP contribution in [0.5, 0.6) is 0 Å². The van der Waals surface area contributed by atoms with Crippen molar-refractivity contribution >= 4 is 42.6 Å². The number of carbonyl (C=O) groups is 4. The van der Waals surface area contributed by atoms with E-state index in [1.165, 1.54) is 19.3 Å². The molecule has 2 aromatic carbocycles. The molecule has 4 rings (SSSR count). The second kappa shape index (κ2) is 16.7. The van der Waals surface area contributed by atoms with Crippen molar-refractivity contribution in [3.63, 3.8) is 0 Å². The second-order valence-electron chi connectivity index (χ2n) is 13.1. The third kappa shape index (κ3) is 9.17. The van der Waals surface area contributed by atoms with Gasteiger partial charge < -0.3 is 42.7 Å². The summed E-state index contributed by atoms with van der Waals surface area (Å²) in [6.45, 7) is 10.5. The molecule has 2 aliphatic rings. The van der Waals surface area contributed by atoms with Gasteiger partial charge in [0.1, 0.15) is 31.0 Å². The Morgan fingerprint density at radius 3 is 1.74 bits per heavy atom. The minimum Gasteiger partial charge on any atom is -0.493 e. The van der Waals surface area contributed by atoms with Gasteiger partial charge in [-0.05, 0) is 21.5 Å². The second-order valence-corrected chi connectivity index (χ2v) is 17.4. The predicted molar refractivity (Wildman–Crippen MR) is 180 cm³/mol. The summed E-state index contributed by atoms with van der Waals surface area (Å²) in [5.41, 5.74) is 0. The summed E-state index contributed by atoms with van der Waals surface area (Å²) in [7, 11) is -3.00. The summed E-state index contributed by atoms with van der Waals surface area (Å²) in [6.07, 6.45) is -7.41. The number of rotatable bonds is 12. The zero-order valence-electron chi connectivity index (χ0n) is 29.3. The van der Waals surface area contributed by atoms with Crippen LogP contribution >= 0.6 is 0 Å². The van der Waals surface area contributed by atoms with Crippen LogP contribution in [0.2, 0.25) is 5.04 Å². The van der Waals surface area contributed by atoms with Crippen LogP contribution in [0.1, 0.15) is 48.5 Å². The highest BCUT2D eigenvalue weighted by molar-refractivity contribution is 6.99. The molecule has 0 aromatic heterocycles. The van der Waals surface area contributed by atoms with Gasteiger partial charge in [0.15, 0.2) is 24.6 Å². The number of esters is 4. The summed E-state index contributed by atoms with van der Waals surface area (Å²) in [5.74, 6) is -2.95. The van der Waals surface area contributed by atoms with E-state index in [1.54, 1.807) is 0 Å². The summed E-state index contributed by atoms with van der Waals surface area (Å²) < 4.78 is 46.8. The average molecular weight is 715 g/mol. The highest BCUT2D eigenvalue weighted by atomic mass is 28.4. The molecular formula is C36H46O13Si. The lowest BCUT2D eigenvalue weighted by atomic mass is 9.97. The molecular weight excluding hydrogens is 668 g/mol. The lowest BCUT2D eigenvalue weighted by Gasteiger charge is -2.46. The molecule has 13 nitrogen and oxygen atoms in total. The number of carbonyl (C=O) groups excluding carboxylic acids is 4. The Balaban J connectivity index is 1.63. The minimum atomic E-state index is -3.00. The molecule has 0 spiro atoms. The molecule has 8 atom stereocenters. The van der Waals surface area contributed by atoms with Crippen LogP contribution in [0.4, 0.5) is 0 Å². The van der Waals surface area contributed by atoms with Gasteiger partial charge in [-0.15, -0.1) is 0 Å². The van der Waals surface area contributed by atoms with E-state index in [4.69, 9.17) is 37.6 Å². The fourth-order valence-corrected chi connectivity index (χ4v) is 10.9. The zero-order chi connectivity index (χ0) is 36.6. The topological polar surface area (TPSA) is 162 Å². The smallest absolute Gasteiger partial charge is 0.303 e. The highest BCUT2D eigenvalue weighted by Gasteiger charge is 2.55. The first-order valence-electron chi connectivity index (χ1n) is 16.3. The van der Waals surface area contributed by atoms with Crippen molar-refractivity contribution in [3.8, 4) is 0 Å². The van der Waals surface area contributed by atoms with Crippen molar-refractivity contribution < 1.29 is 61.9 Å². The maximum absolute atomic E-state index is 12.3. The SMILES string of the molecule is CC(=O)OC[C@H]1O[C@@H](O[C@@H]2C=CO[C@H](CO[Si](c3ccccc3)(c3ccccc3)C(C)(C)C)[C@@H]2O)[C@H](OC(C)=O)[C@@H](OC(C)=O)[C@H]1OC(C)=O. The van der Waals surface area contributed by atoms with Gasteiger partial charge in [-0.2, -0.15) is 0 Å². The fourth-order valence-electron chi connectivity index (χ4n) is 6.32. The summed E-state index contributed by atoms with van der Waals surface area (Å²) in [4.78, 5) is 48.3. The van der Waals surface area contributed by atoms with Crippen LogP contribution < -0.4 is 10.4 Å². The van der Waals surface area contributed by atoms with Crippen molar-refractivity contribution in [2.45, 2.75) is 103 Å². The van der Waals surface area contributed by atoms with E-state index in [9.17, 15) is 24.3 Å². The van der Waals surface area contributed by atoms with Gasteiger partial charge in [0.05, 0.1) is 12.9 Å². The first-order chi connectivity index (χ1) is 23.6. The van der Waals surface area contributed by atoms with Gasteiger partial charge >= 0.3 is 23.9 Å². The van der Waals surface area contributed by atoms with Crippen LogP contribution in [0.15, 0.2) is 73.0 Å². The Bertz CT molecular complexity index is 1450. The van der Waals surface area contributed by atoms with E-state index in [2.05, 4.69) is 45.0 Å². The van der Waals surface area contributed by atoms with Crippen molar-refractivity contribution in [1.29, 1.82) is 0 Å². The van der Waals surface area contributed by atoms with Crippen molar-refractivity contribution in [2.75, 3.05) is 13.2 Å². The van der Waals surface area contributed by atoms with Gasteiger partial charge in [0, 0.05) is 27.7 Å². The molecule has 1 saturated heterocycles. The zero-order valence-corrected chi connectivity index (χ0v) is 30.3. The lowest BCUT2D eigenvalue weighted by molar-refractivity contribution is -0.320. The monoisotopic (exact) mass is 714 g/mol. The molecule has 50 heavy (non-hydrogen) atoms. The number of aliphatic hydroxyl groups excluding tert-OH is 1. The first-order valence-corrected chi connectivity index (χ1v) is 18.3. The van der Waals surface area contributed by atoms with Crippen molar-refractivity contribution in [2.24, 2.45) is 0 Å². The van der Waals surface area contributed by atoms with Crippen molar-refractivity contribution in [1.82, 2.24) is 0 Å². The van der Waals surface area contributed by atoms with Crippen LogP contribution in [0.3, 0.4) is 0 Å². The van der Waals surface area contributed by atoms with E-state index < -0.39 is 87.8 Å². The van der Waals surface area contributed by atoms with Crippen molar-refractivity contribution in [3.05, 3.63) is 73.0 Å². The molecule has 0 bridgehead atoms. The van der Waals surface area contributed by atoms with E-state index in [-0.39, 0.29) is 11.6 Å². The first kappa shape index (κ1) is 38.7. The standard InChI is InChI=1S/C36H46O13Si/c1-22(37)43-20-30-32(45-23(2)38)33(46-24(3)39)34(47-25(4)40)35(49-30)48-28-18-19-42-29(31(28)41)21-44-50(36(5,6)7,26-14-10-8-11-15-26)27-16-12-9-13-17-27/h8-19,28-35,41H,20-21H2,1-7H3/t28-,29-,30-,31-,32+,33+,34-,35-/m1/s1. The molecule has 2 aliphatic heterocycles. The number of aliphatic hydroxyl groups is 1. The largest absolute Gasteiger partial charge is 0.493 e. The number of hydrogen-bond acceptors (Lipinski definition) is 13.